The molecule has 4 N–H and O–H groups in total. The lowest BCUT2D eigenvalue weighted by Gasteiger charge is -2.38. The largest absolute Gasteiger partial charge is 0.423 e. The molecule has 0 aliphatic carbocycles. The summed E-state index contributed by atoms with van der Waals surface area (Å²) < 4.78 is 97.0. The van der Waals surface area contributed by atoms with Crippen LogP contribution in [-0.4, -0.2) is 24.3 Å². The van der Waals surface area contributed by atoms with E-state index in [1.807, 2.05) is 0 Å². The molecular formula is C29H20F6N2O4. The highest BCUT2D eigenvalue weighted by molar-refractivity contribution is 5.92. The van der Waals surface area contributed by atoms with E-state index in [4.69, 9.17) is 20.9 Å². The van der Waals surface area contributed by atoms with Gasteiger partial charge in [0.25, 0.3) is 0 Å². The molecule has 4 aromatic carbocycles. The number of alkyl halides is 6. The first-order chi connectivity index (χ1) is 19.2. The van der Waals surface area contributed by atoms with Crippen LogP contribution in [0.1, 0.15) is 31.8 Å². The van der Waals surface area contributed by atoms with Crippen LogP contribution >= 0.6 is 0 Å². The predicted molar refractivity (Wildman–Crippen MR) is 137 cm³/mol. The molecule has 12 heteroatoms. The molecule has 0 saturated carbocycles. The van der Waals surface area contributed by atoms with Crippen LogP contribution in [0, 0.1) is 0 Å². The van der Waals surface area contributed by atoms with Crippen molar-refractivity contribution in [2.45, 2.75) is 17.8 Å². The normalized spacial score (nSPS) is 12.0. The molecule has 0 atom stereocenters. The molecule has 6 nitrogen and oxygen atoms in total. The number of halogens is 6. The number of anilines is 2. The molecular weight excluding hydrogens is 554 g/mol. The average molecular weight is 574 g/mol. The van der Waals surface area contributed by atoms with E-state index in [-0.39, 0.29) is 34.0 Å². The molecule has 41 heavy (non-hydrogen) atoms. The van der Waals surface area contributed by atoms with Crippen LogP contribution in [0.25, 0.3) is 0 Å². The van der Waals surface area contributed by atoms with E-state index in [9.17, 15) is 35.9 Å². The average Bonchev–Trinajstić information content (AvgIpc) is 2.89. The fourth-order valence-corrected chi connectivity index (χ4v) is 4.19. The van der Waals surface area contributed by atoms with E-state index in [1.54, 1.807) is 0 Å². The van der Waals surface area contributed by atoms with Crippen molar-refractivity contribution in [1.82, 2.24) is 0 Å². The third kappa shape index (κ3) is 5.81. The van der Waals surface area contributed by atoms with Crippen molar-refractivity contribution in [2.24, 2.45) is 0 Å². The van der Waals surface area contributed by atoms with Gasteiger partial charge in [0.2, 0.25) is 5.41 Å². The van der Waals surface area contributed by atoms with Crippen LogP contribution in [0.4, 0.5) is 37.7 Å². The van der Waals surface area contributed by atoms with Gasteiger partial charge in [0.1, 0.15) is 11.5 Å². The summed E-state index contributed by atoms with van der Waals surface area (Å²) in [4.78, 5) is 24.6. The summed E-state index contributed by atoms with van der Waals surface area (Å²) in [5.74, 6) is -2.40. The SMILES string of the molecule is Nc1cccc(C(=O)Oc2ccc(C(c3ccc(OC(=O)c4cccc(N)c4)cc3)(C(F)(F)F)C(F)(F)F)cc2)c1. The topological polar surface area (TPSA) is 105 Å². The van der Waals surface area contributed by atoms with Gasteiger partial charge in [-0.2, -0.15) is 26.3 Å². The number of carbonyl (C=O) groups is 2. The number of benzene rings is 4. The van der Waals surface area contributed by atoms with Gasteiger partial charge >= 0.3 is 24.3 Å². The number of ether oxygens (including phenoxy) is 2. The van der Waals surface area contributed by atoms with E-state index >= 15 is 0 Å². The molecule has 0 saturated heterocycles. The summed E-state index contributed by atoms with van der Waals surface area (Å²) in [5, 5.41) is 0. The summed E-state index contributed by atoms with van der Waals surface area (Å²) >= 11 is 0. The maximum atomic E-state index is 14.5. The van der Waals surface area contributed by atoms with Gasteiger partial charge in [-0.25, -0.2) is 9.59 Å². The van der Waals surface area contributed by atoms with Crippen molar-refractivity contribution in [3.05, 3.63) is 119 Å². The number of carbonyl (C=O) groups excluding carboxylic acids is 2. The third-order valence-electron chi connectivity index (χ3n) is 6.09. The zero-order valence-corrected chi connectivity index (χ0v) is 20.8. The summed E-state index contributed by atoms with van der Waals surface area (Å²) in [5.41, 5.74) is 4.97. The first-order valence-corrected chi connectivity index (χ1v) is 11.7. The van der Waals surface area contributed by atoms with E-state index in [0.29, 0.717) is 24.3 Å². The minimum Gasteiger partial charge on any atom is -0.423 e. The standard InChI is InChI=1S/C29H20F6N2O4/c30-28(31,32)27(29(33,34)35,19-7-11-23(12-8-19)40-25(38)17-3-1-5-21(36)15-17)20-9-13-24(14-10-20)41-26(39)18-4-2-6-22(37)16-18/h1-16H,36-37H2. The highest BCUT2D eigenvalue weighted by Gasteiger charge is 2.72. The van der Waals surface area contributed by atoms with Gasteiger partial charge in [0, 0.05) is 11.4 Å². The van der Waals surface area contributed by atoms with Gasteiger partial charge in [-0.1, -0.05) is 36.4 Å². The fraction of sp³-hybridized carbons (Fsp3) is 0.103. The zero-order chi connectivity index (χ0) is 30.0. The Bertz CT molecular complexity index is 1450. The molecule has 0 aliphatic heterocycles. The quantitative estimate of drug-likeness (QED) is 0.115. The smallest absolute Gasteiger partial charge is 0.411 e. The van der Waals surface area contributed by atoms with Gasteiger partial charge in [-0.05, 0) is 71.8 Å². The van der Waals surface area contributed by atoms with Crippen molar-refractivity contribution in [3.8, 4) is 11.5 Å². The van der Waals surface area contributed by atoms with Gasteiger partial charge < -0.3 is 20.9 Å². The van der Waals surface area contributed by atoms with Crippen LogP contribution < -0.4 is 20.9 Å². The van der Waals surface area contributed by atoms with Crippen molar-refractivity contribution in [2.75, 3.05) is 11.5 Å². The monoisotopic (exact) mass is 574 g/mol. The van der Waals surface area contributed by atoms with Gasteiger partial charge in [-0.15, -0.1) is 0 Å². The lowest BCUT2D eigenvalue weighted by molar-refractivity contribution is -0.288. The number of hydrogen-bond donors (Lipinski definition) is 2. The Balaban J connectivity index is 1.67. The molecule has 0 aromatic heterocycles. The van der Waals surface area contributed by atoms with E-state index in [2.05, 4.69) is 0 Å². The highest BCUT2D eigenvalue weighted by atomic mass is 19.4. The molecule has 4 aromatic rings. The van der Waals surface area contributed by atoms with Crippen molar-refractivity contribution in [1.29, 1.82) is 0 Å². The number of rotatable bonds is 6. The Morgan fingerprint density at radius 2 is 0.878 bits per heavy atom. The molecule has 0 radical (unpaired) electrons. The molecule has 0 bridgehead atoms. The molecule has 0 unspecified atom stereocenters. The Labute approximate surface area is 229 Å². The molecule has 0 aliphatic rings. The minimum atomic E-state index is -5.86. The Kier molecular flexibility index (Phi) is 7.69. The van der Waals surface area contributed by atoms with Gasteiger partial charge in [0.05, 0.1) is 11.1 Å². The van der Waals surface area contributed by atoms with Crippen molar-refractivity contribution in [3.63, 3.8) is 0 Å². The first kappa shape index (κ1) is 29.0. The Morgan fingerprint density at radius 1 is 0.537 bits per heavy atom. The van der Waals surface area contributed by atoms with Crippen LogP contribution in [0.15, 0.2) is 97.1 Å². The minimum absolute atomic E-state index is 0.0329. The van der Waals surface area contributed by atoms with Crippen LogP contribution in [0.2, 0.25) is 0 Å². The van der Waals surface area contributed by atoms with Crippen LogP contribution in [-0.2, 0) is 5.41 Å². The summed E-state index contributed by atoms with van der Waals surface area (Å²) in [6.45, 7) is 0. The van der Waals surface area contributed by atoms with E-state index in [1.165, 1.54) is 48.5 Å². The number of esters is 2. The zero-order valence-electron chi connectivity index (χ0n) is 20.8. The van der Waals surface area contributed by atoms with E-state index < -0.39 is 40.8 Å². The summed E-state index contributed by atoms with van der Waals surface area (Å²) in [6.07, 6.45) is -11.7. The number of nitrogen functional groups attached to an aromatic ring is 2. The first-order valence-electron chi connectivity index (χ1n) is 11.7. The maximum absolute atomic E-state index is 14.5. The van der Waals surface area contributed by atoms with Gasteiger partial charge in [0.15, 0.2) is 0 Å². The Hall–Kier alpha value is -5.00. The predicted octanol–water partition coefficient (Wildman–Crippen LogP) is 6.70. The molecule has 0 amide bonds. The molecule has 0 spiro atoms. The fourth-order valence-electron chi connectivity index (χ4n) is 4.19. The second-order valence-corrected chi connectivity index (χ2v) is 8.82. The summed E-state index contributed by atoms with van der Waals surface area (Å²) in [7, 11) is 0. The Morgan fingerprint density at radius 3 is 1.17 bits per heavy atom. The molecule has 0 fully saturated rings. The highest BCUT2D eigenvalue weighted by Crippen LogP contribution is 2.56. The lowest BCUT2D eigenvalue weighted by atomic mass is 9.73. The number of nitrogens with two attached hydrogens (primary N) is 2. The summed E-state index contributed by atoms with van der Waals surface area (Å²) in [6, 6.07) is 16.9. The lowest BCUT2D eigenvalue weighted by Crippen LogP contribution is -2.54. The molecule has 0 heterocycles. The molecule has 212 valence electrons. The van der Waals surface area contributed by atoms with Gasteiger partial charge in [-0.3, -0.25) is 0 Å². The molecule has 4 rings (SSSR count). The van der Waals surface area contributed by atoms with Crippen LogP contribution in [0.5, 0.6) is 11.5 Å². The van der Waals surface area contributed by atoms with Crippen LogP contribution in [0.3, 0.4) is 0 Å². The second kappa shape index (κ2) is 10.9. The second-order valence-electron chi connectivity index (χ2n) is 8.82. The van der Waals surface area contributed by atoms with Crippen molar-refractivity contribution < 1.29 is 45.4 Å². The number of hydrogen-bond acceptors (Lipinski definition) is 6. The van der Waals surface area contributed by atoms with Crippen molar-refractivity contribution >= 4 is 23.3 Å². The third-order valence-corrected chi connectivity index (χ3v) is 6.09. The van der Waals surface area contributed by atoms with E-state index in [0.717, 1.165) is 24.3 Å². The maximum Gasteiger partial charge on any atom is 0.411 e.